The van der Waals surface area contributed by atoms with E-state index in [4.69, 9.17) is 24.7 Å². The van der Waals surface area contributed by atoms with Crippen LogP contribution in [-0.2, 0) is 38.9 Å². The van der Waals surface area contributed by atoms with E-state index in [2.05, 4.69) is 20.3 Å². The number of esters is 2. The second-order valence-corrected chi connectivity index (χ2v) is 15.0. The number of hydrogen-bond acceptors (Lipinski definition) is 10. The minimum absolute atomic E-state index is 0.0945. The molecule has 282 valence electrons. The summed E-state index contributed by atoms with van der Waals surface area (Å²) >= 11 is 0. The van der Waals surface area contributed by atoms with Gasteiger partial charge in [-0.05, 0) is 75.9 Å². The number of alkyl carbamates (subject to hydrolysis) is 1. The number of aldehydes is 1. The van der Waals surface area contributed by atoms with Crippen LogP contribution in [0, 0.1) is 28.6 Å². The first kappa shape index (κ1) is 41.1. The summed E-state index contributed by atoms with van der Waals surface area (Å²) < 4.78 is 22.9. The van der Waals surface area contributed by atoms with Gasteiger partial charge in [0.05, 0.1) is 17.7 Å². The Morgan fingerprint density at radius 3 is 2.49 bits per heavy atom. The van der Waals surface area contributed by atoms with Crippen LogP contribution < -0.4 is 16.0 Å². The Morgan fingerprint density at radius 2 is 1.92 bits per heavy atom. The van der Waals surface area contributed by atoms with Crippen LogP contribution in [0.1, 0.15) is 105 Å². The Kier molecular flexibility index (Phi) is 14.3. The van der Waals surface area contributed by atoms with Crippen LogP contribution in [-0.4, -0.2) is 89.7 Å². The maximum Gasteiger partial charge on any atom is 0.408 e. The lowest BCUT2D eigenvalue weighted by molar-refractivity contribution is -0.471. The molecular weight excluding hydrogens is 660 g/mol. The molecule has 1 aromatic heterocycles. The molecule has 0 aromatic carbocycles. The minimum Gasteiger partial charge on any atom is -0.463 e. The lowest BCUT2D eigenvalue weighted by Gasteiger charge is -2.28. The van der Waals surface area contributed by atoms with Crippen molar-refractivity contribution in [3.8, 4) is 6.07 Å². The summed E-state index contributed by atoms with van der Waals surface area (Å²) in [4.78, 5) is 61.1. The van der Waals surface area contributed by atoms with Gasteiger partial charge in [0.25, 0.3) is 0 Å². The van der Waals surface area contributed by atoms with Crippen LogP contribution in [0.4, 0.5) is 4.79 Å². The van der Waals surface area contributed by atoms with Crippen LogP contribution in [0.25, 0.3) is 0 Å². The molecule has 1 saturated heterocycles. The molecule has 0 spiro atoms. The van der Waals surface area contributed by atoms with Gasteiger partial charge in [-0.25, -0.2) is 9.59 Å². The second kappa shape index (κ2) is 17.8. The number of amidine groups is 1. The first-order valence-electron chi connectivity index (χ1n) is 17.7. The summed E-state index contributed by atoms with van der Waals surface area (Å²) in [5.41, 5.74) is 2.43. The molecule has 15 heteroatoms. The normalized spacial score (nSPS) is 24.8. The number of nitrogens with two attached hydrogens (primary N) is 1. The number of nitrogens with zero attached hydrogens (tertiary/aromatic N) is 2. The zero-order valence-electron chi connectivity index (χ0n) is 30.8. The van der Waals surface area contributed by atoms with Crippen molar-refractivity contribution in [3.05, 3.63) is 23.5 Å². The molecule has 51 heavy (non-hydrogen) atoms. The van der Waals surface area contributed by atoms with E-state index in [0.29, 0.717) is 12.1 Å². The van der Waals surface area contributed by atoms with Gasteiger partial charge in [-0.1, -0.05) is 40.0 Å². The average molecular weight is 716 g/mol. The third-order valence-electron chi connectivity index (χ3n) is 9.33. The molecule has 0 radical (unpaired) electrons. The highest BCUT2D eigenvalue weighted by molar-refractivity contribution is 5.97. The zero-order chi connectivity index (χ0) is 38.0. The molecule has 6 N–H and O–H groups in total. The van der Waals surface area contributed by atoms with Crippen LogP contribution in [0.3, 0.4) is 0 Å². The number of carbonyl (C=O) groups is 4. The monoisotopic (exact) mass is 715 g/mol. The van der Waals surface area contributed by atoms with E-state index in [9.17, 15) is 29.5 Å². The van der Waals surface area contributed by atoms with E-state index in [-0.39, 0.29) is 30.4 Å². The second-order valence-electron chi connectivity index (χ2n) is 15.0. The molecule has 6 atom stereocenters. The molecule has 2 fully saturated rings. The SMILES string of the molecule is CC[C@@](C)(C=O)C[NH+]=C(N=CN)c1ccc([C@]2(C#N)O[C@H](COC(=O)CC3CCCCC3)[C@@H](OC(=O)[C@@H](NC(=O)OC(C)(C)C)C(C)C)[C@H]2O)[nH]1. The molecule has 1 aromatic rings. The minimum atomic E-state index is -2.12. The van der Waals surface area contributed by atoms with Crippen molar-refractivity contribution < 1.29 is 48.2 Å². The number of nitrogens with one attached hydrogen (secondary N) is 3. The van der Waals surface area contributed by atoms with Crippen molar-refractivity contribution in [2.24, 2.45) is 28.0 Å². The Labute approximate surface area is 299 Å². The number of nitriles is 1. The van der Waals surface area contributed by atoms with Gasteiger partial charge in [-0.3, -0.25) is 9.79 Å². The lowest BCUT2D eigenvalue weighted by atomic mass is 9.87. The maximum atomic E-state index is 13.6. The molecule has 0 bridgehead atoms. The number of aromatic amines is 1. The summed E-state index contributed by atoms with van der Waals surface area (Å²) in [7, 11) is 0. The molecular formula is C36H55N6O9+. The zero-order valence-corrected chi connectivity index (χ0v) is 30.8. The van der Waals surface area contributed by atoms with Crippen molar-refractivity contribution in [2.75, 3.05) is 13.2 Å². The van der Waals surface area contributed by atoms with Crippen LogP contribution in [0.5, 0.6) is 0 Å². The predicted octanol–water partition coefficient (Wildman–Crippen LogP) is 1.90. The summed E-state index contributed by atoms with van der Waals surface area (Å²) in [5, 5.41) is 24.9. The van der Waals surface area contributed by atoms with Crippen molar-refractivity contribution in [3.63, 3.8) is 0 Å². The number of hydrogen-bond donors (Lipinski definition) is 5. The number of aromatic nitrogens is 1. The molecule has 3 rings (SSSR count). The summed E-state index contributed by atoms with van der Waals surface area (Å²) in [5.74, 6) is -1.37. The topological polar surface area (TPSA) is 229 Å². The van der Waals surface area contributed by atoms with Gasteiger partial charge in [0.15, 0.2) is 6.10 Å². The van der Waals surface area contributed by atoms with Crippen LogP contribution in [0.2, 0.25) is 0 Å². The maximum absolute atomic E-state index is 13.6. The van der Waals surface area contributed by atoms with Gasteiger partial charge in [-0.2, -0.15) is 5.26 Å². The Hall–Kier alpha value is -4.29. The van der Waals surface area contributed by atoms with E-state index in [1.54, 1.807) is 47.6 Å². The van der Waals surface area contributed by atoms with E-state index < -0.39 is 71.5 Å². The number of rotatable bonds is 14. The highest BCUT2D eigenvalue weighted by Gasteiger charge is 2.59. The average Bonchev–Trinajstić information content (AvgIpc) is 3.67. The standard InChI is InChI=1S/C36H54N6O9/c1-8-35(7,20-43)19-39-31(40-21-38)24-14-15-26(41-24)36(18-37)30(45)29(25(50-36)17-48-27(44)16-23-12-10-9-11-13-23)49-32(46)28(22(2)3)42-33(47)51-34(4,5)6/h14-15,20-23,25,28-30,41,45H,8-13,16-17,19H2,1-7H3,(H,42,47)(H2,38,39,40)/p+1/t25-,28+,29-,30-,35-,36+/m1/s1. The Balaban J connectivity index is 1.94. The first-order chi connectivity index (χ1) is 24.0. The lowest BCUT2D eigenvalue weighted by Crippen LogP contribution is -2.76. The molecule has 15 nitrogen and oxygen atoms in total. The molecule has 0 unspecified atom stereocenters. The van der Waals surface area contributed by atoms with E-state index in [1.807, 2.05) is 13.0 Å². The van der Waals surface area contributed by atoms with Gasteiger partial charge in [0.1, 0.15) is 48.5 Å². The molecule has 1 aliphatic heterocycles. The van der Waals surface area contributed by atoms with Crippen molar-refractivity contribution in [2.45, 2.75) is 129 Å². The molecule has 1 saturated carbocycles. The number of aliphatic hydroxyl groups excluding tert-OH is 1. The van der Waals surface area contributed by atoms with Gasteiger partial charge >= 0.3 is 23.9 Å². The molecule has 1 amide bonds. The van der Waals surface area contributed by atoms with Crippen LogP contribution in [0.15, 0.2) is 17.1 Å². The smallest absolute Gasteiger partial charge is 0.408 e. The number of amides is 1. The summed E-state index contributed by atoms with van der Waals surface area (Å²) in [6.45, 7) is 11.9. The van der Waals surface area contributed by atoms with Gasteiger partial charge in [0, 0.05) is 6.42 Å². The summed E-state index contributed by atoms with van der Waals surface area (Å²) in [6.07, 6.45) is 2.41. The van der Waals surface area contributed by atoms with Gasteiger partial charge in [-0.15, -0.1) is 0 Å². The fourth-order valence-electron chi connectivity index (χ4n) is 6.03. The molecule has 2 aliphatic rings. The molecule has 1 aliphatic carbocycles. The number of H-pyrrole nitrogens is 1. The van der Waals surface area contributed by atoms with Crippen molar-refractivity contribution in [1.29, 1.82) is 5.26 Å². The summed E-state index contributed by atoms with van der Waals surface area (Å²) in [6, 6.07) is 3.94. The third kappa shape index (κ3) is 10.9. The predicted molar refractivity (Wildman–Crippen MR) is 186 cm³/mol. The van der Waals surface area contributed by atoms with E-state index >= 15 is 0 Å². The number of aliphatic imine (C=N–C) groups is 1. The highest BCUT2D eigenvalue weighted by atomic mass is 16.6. The van der Waals surface area contributed by atoms with Crippen molar-refractivity contribution in [1.82, 2.24) is 10.3 Å². The molecule has 2 heterocycles. The van der Waals surface area contributed by atoms with E-state index in [0.717, 1.165) is 44.7 Å². The fraction of sp³-hybridized carbons (Fsp3) is 0.694. The van der Waals surface area contributed by atoms with E-state index in [1.165, 1.54) is 6.07 Å². The quantitative estimate of drug-likeness (QED) is 0.0614. The van der Waals surface area contributed by atoms with Gasteiger partial charge < -0.3 is 44.9 Å². The van der Waals surface area contributed by atoms with Gasteiger partial charge in [0.2, 0.25) is 11.9 Å². The number of ether oxygens (including phenoxy) is 4. The Bertz CT molecular complexity index is 1470. The highest BCUT2D eigenvalue weighted by Crippen LogP contribution is 2.41. The van der Waals surface area contributed by atoms with Crippen LogP contribution >= 0.6 is 0 Å². The number of carbonyl (C=O) groups excluding carboxylic acids is 4. The first-order valence-corrected chi connectivity index (χ1v) is 17.7. The largest absolute Gasteiger partial charge is 0.463 e. The fourth-order valence-corrected chi connectivity index (χ4v) is 6.03. The third-order valence-corrected chi connectivity index (χ3v) is 9.33. The Morgan fingerprint density at radius 1 is 1.24 bits per heavy atom. The van der Waals surface area contributed by atoms with Crippen molar-refractivity contribution >= 4 is 36.5 Å². The number of aliphatic hydroxyl groups is 1.